The smallest absolute Gasteiger partial charge is 0.348 e. The molecule has 1 aliphatic rings. The lowest BCUT2D eigenvalue weighted by molar-refractivity contribution is -0.377. The number of ether oxygens (including phenoxy) is 4. The summed E-state index contributed by atoms with van der Waals surface area (Å²) < 4.78 is 22.9. The number of methoxy groups -OCH3 is 2. The highest BCUT2D eigenvalue weighted by Gasteiger charge is 2.28. The fourth-order valence-electron chi connectivity index (χ4n) is 5.64. The summed E-state index contributed by atoms with van der Waals surface area (Å²) in [4.78, 5) is 35.6. The van der Waals surface area contributed by atoms with E-state index in [4.69, 9.17) is 42.1 Å². The number of thiophene rings is 1. The summed E-state index contributed by atoms with van der Waals surface area (Å²) in [6.07, 6.45) is 2.73. The molecule has 2 aromatic carbocycles. The van der Waals surface area contributed by atoms with E-state index < -0.39 is 18.1 Å². The van der Waals surface area contributed by atoms with Crippen LogP contribution in [0.5, 0.6) is 11.5 Å². The van der Waals surface area contributed by atoms with Crippen LogP contribution in [0.1, 0.15) is 43.4 Å². The first-order valence-electron chi connectivity index (χ1n) is 15.9. The van der Waals surface area contributed by atoms with E-state index >= 15 is 0 Å². The van der Waals surface area contributed by atoms with Gasteiger partial charge in [-0.2, -0.15) is 0 Å². The van der Waals surface area contributed by atoms with Gasteiger partial charge in [-0.05, 0) is 49.5 Å². The zero-order chi connectivity index (χ0) is 34.9. The van der Waals surface area contributed by atoms with Crippen LogP contribution in [0.2, 0.25) is 10.0 Å². The van der Waals surface area contributed by atoms with Crippen molar-refractivity contribution >= 4 is 46.5 Å². The molecule has 1 saturated heterocycles. The Bertz CT molecular complexity index is 1700. The molecule has 10 nitrogen and oxygen atoms in total. The average molecular weight is 729 g/mol. The monoisotopic (exact) mass is 727 g/mol. The summed E-state index contributed by atoms with van der Waals surface area (Å²) in [6, 6.07) is 17.8. The lowest BCUT2D eigenvalue weighted by atomic mass is 10.0. The van der Waals surface area contributed by atoms with Crippen molar-refractivity contribution in [2.24, 2.45) is 0 Å². The van der Waals surface area contributed by atoms with Gasteiger partial charge in [-0.25, -0.2) is 14.6 Å². The third-order valence-corrected chi connectivity index (χ3v) is 10.3. The highest BCUT2D eigenvalue weighted by atomic mass is 35.5. The van der Waals surface area contributed by atoms with E-state index in [9.17, 15) is 9.59 Å². The maximum absolute atomic E-state index is 13.6. The Labute approximate surface area is 300 Å². The normalized spacial score (nSPS) is 16.5. The van der Waals surface area contributed by atoms with Crippen LogP contribution in [-0.2, 0) is 27.2 Å². The van der Waals surface area contributed by atoms with Crippen molar-refractivity contribution in [3.05, 3.63) is 110 Å². The molecule has 2 N–H and O–H groups in total. The quantitative estimate of drug-likeness (QED) is 0.165. The number of hydrogen-bond acceptors (Lipinski definition) is 10. The molecule has 0 saturated carbocycles. The number of H-pyrrole nitrogens is 1. The Morgan fingerprint density at radius 2 is 1.69 bits per heavy atom. The number of carbonyl (C=O) groups is 2. The molecule has 3 atom stereocenters. The first kappa shape index (κ1) is 36.6. The fraction of sp³-hybridized carbons (Fsp3) is 0.361. The zero-order valence-corrected chi connectivity index (χ0v) is 30.2. The molecule has 5 rings (SSSR count). The van der Waals surface area contributed by atoms with E-state index in [0.717, 1.165) is 30.1 Å². The second-order valence-corrected chi connectivity index (χ2v) is 13.8. The molecule has 0 amide bonds. The Balaban J connectivity index is 1.29. The molecule has 260 valence electrons. The molecule has 49 heavy (non-hydrogen) atoms. The van der Waals surface area contributed by atoms with E-state index in [2.05, 4.69) is 34.2 Å². The molecule has 0 bridgehead atoms. The van der Waals surface area contributed by atoms with Gasteiger partial charge in [-0.15, -0.1) is 11.3 Å². The van der Waals surface area contributed by atoms with Crippen LogP contribution in [0, 0.1) is 0 Å². The molecule has 1 aliphatic heterocycles. The van der Waals surface area contributed by atoms with Gasteiger partial charge in [-0.1, -0.05) is 59.6 Å². The first-order valence-corrected chi connectivity index (χ1v) is 17.4. The van der Waals surface area contributed by atoms with Crippen molar-refractivity contribution in [3.8, 4) is 11.5 Å². The number of hydrogen-bond donors (Lipinski definition) is 1. The van der Waals surface area contributed by atoms with Crippen molar-refractivity contribution in [2.75, 3.05) is 54.6 Å². The Hall–Kier alpha value is -3.71. The highest BCUT2D eigenvalue weighted by Crippen LogP contribution is 2.35. The summed E-state index contributed by atoms with van der Waals surface area (Å²) in [7, 11) is 7.22. The molecule has 1 unspecified atom stereocenters. The maximum atomic E-state index is 13.6. The first-order chi connectivity index (χ1) is 23.7. The lowest BCUT2D eigenvalue weighted by Crippen LogP contribution is -2.52. The molecular formula is C36H41Cl2N4O6S+. The minimum atomic E-state index is -0.742. The predicted molar refractivity (Wildman–Crippen MR) is 190 cm³/mol. The van der Waals surface area contributed by atoms with Gasteiger partial charge in [0.2, 0.25) is 0 Å². The summed E-state index contributed by atoms with van der Waals surface area (Å²) in [5.74, 6) is 0.182. The fourth-order valence-corrected chi connectivity index (χ4v) is 7.01. The second-order valence-electron chi connectivity index (χ2n) is 11.9. The van der Waals surface area contributed by atoms with E-state index in [1.165, 1.54) is 11.3 Å². The second kappa shape index (κ2) is 17.3. The summed E-state index contributed by atoms with van der Waals surface area (Å²) in [5.41, 5.74) is 2.11. The van der Waals surface area contributed by atoms with Crippen molar-refractivity contribution < 1.29 is 33.5 Å². The number of piperazine rings is 1. The van der Waals surface area contributed by atoms with Crippen LogP contribution < -0.4 is 19.8 Å². The SMILES string of the molecule is COc1ccc([C@H](Cc2c(Cl)c[nH+]cc2Cl)OC(=O)c2ccc(CNC(C(=O)OC[C@@H]3CN(C)CCN3C)c3ccccc3)s2)cc1OC. The summed E-state index contributed by atoms with van der Waals surface area (Å²) in [5, 5.41) is 4.19. The van der Waals surface area contributed by atoms with E-state index in [-0.39, 0.29) is 18.4 Å². The third-order valence-electron chi connectivity index (χ3n) is 8.52. The van der Waals surface area contributed by atoms with Gasteiger partial charge in [0.05, 0.1) is 20.3 Å². The highest BCUT2D eigenvalue weighted by molar-refractivity contribution is 7.13. The molecule has 4 aromatic rings. The number of aromatic nitrogens is 1. The average Bonchev–Trinajstić information content (AvgIpc) is 3.59. The Morgan fingerprint density at radius 3 is 2.41 bits per heavy atom. The zero-order valence-electron chi connectivity index (χ0n) is 27.9. The van der Waals surface area contributed by atoms with Crippen molar-refractivity contribution in [1.29, 1.82) is 0 Å². The molecule has 13 heteroatoms. The molecule has 1 fully saturated rings. The van der Waals surface area contributed by atoms with Crippen LogP contribution in [0.25, 0.3) is 0 Å². The molecule has 0 aliphatic carbocycles. The number of carbonyl (C=O) groups excluding carboxylic acids is 2. The molecule has 0 radical (unpaired) electrons. The Morgan fingerprint density at radius 1 is 0.959 bits per heavy atom. The van der Waals surface area contributed by atoms with Crippen molar-refractivity contribution in [1.82, 2.24) is 15.1 Å². The van der Waals surface area contributed by atoms with Crippen molar-refractivity contribution in [2.45, 2.75) is 31.2 Å². The van der Waals surface area contributed by atoms with Gasteiger partial charge >= 0.3 is 11.9 Å². The summed E-state index contributed by atoms with van der Waals surface area (Å²) in [6.45, 7) is 3.38. The van der Waals surface area contributed by atoms with Crippen molar-refractivity contribution in [3.63, 3.8) is 0 Å². The largest absolute Gasteiger partial charge is 0.493 e. The number of nitrogens with one attached hydrogen (secondary N) is 2. The van der Waals surface area contributed by atoms with Gasteiger partial charge in [0.1, 0.15) is 33.7 Å². The number of halogens is 2. The van der Waals surface area contributed by atoms with Crippen LogP contribution in [0.3, 0.4) is 0 Å². The van der Waals surface area contributed by atoms with Gasteiger partial charge in [0, 0.05) is 43.0 Å². The van der Waals surface area contributed by atoms with Gasteiger partial charge < -0.3 is 23.8 Å². The predicted octanol–water partition coefficient (Wildman–Crippen LogP) is 5.65. The number of rotatable bonds is 14. The Kier molecular flexibility index (Phi) is 12.9. The number of aromatic amines is 1. The number of nitrogens with zero attached hydrogens (tertiary/aromatic N) is 2. The van der Waals surface area contributed by atoms with E-state index in [1.807, 2.05) is 42.5 Å². The molecule has 2 aromatic heterocycles. The maximum Gasteiger partial charge on any atom is 0.348 e. The number of benzene rings is 2. The standard InChI is InChI=1S/C36H40Cl2N4O6S/c1-41-14-15-42(2)25(21-41)22-47-36(44)34(23-8-6-5-7-9-23)40-18-26-11-13-33(49-26)35(43)48-31(17-27-28(37)19-39-20-29(27)38)24-10-12-30(45-3)32(16-24)46-4/h5-13,16,19-20,25,31,34,40H,14-15,17-18,21-22H2,1-4H3/p+1/t25-,31-,34?/m0/s1. The molecule has 3 heterocycles. The third kappa shape index (κ3) is 9.50. The van der Waals surface area contributed by atoms with E-state index in [1.54, 1.807) is 44.8 Å². The number of esters is 2. The lowest BCUT2D eigenvalue weighted by Gasteiger charge is -2.37. The van der Waals surface area contributed by atoms with Crippen LogP contribution in [-0.4, -0.2) is 82.3 Å². The minimum Gasteiger partial charge on any atom is -0.493 e. The van der Waals surface area contributed by atoms with Gasteiger partial charge in [0.25, 0.3) is 0 Å². The van der Waals surface area contributed by atoms with Gasteiger partial charge in [0.15, 0.2) is 23.9 Å². The van der Waals surface area contributed by atoms with Crippen LogP contribution >= 0.6 is 34.5 Å². The van der Waals surface area contributed by atoms with E-state index in [0.29, 0.717) is 50.7 Å². The molecular weight excluding hydrogens is 687 g/mol. The van der Waals surface area contributed by atoms with Crippen LogP contribution in [0.4, 0.5) is 0 Å². The minimum absolute atomic E-state index is 0.125. The topological polar surface area (TPSA) is 104 Å². The number of likely N-dealkylation sites (N-methyl/N-ethyl adjacent to an activating group) is 2. The summed E-state index contributed by atoms with van der Waals surface area (Å²) >= 11 is 14.2. The van der Waals surface area contributed by atoms with Gasteiger partial charge in [-0.3, -0.25) is 10.2 Å². The number of pyridine rings is 1. The molecule has 0 spiro atoms. The van der Waals surface area contributed by atoms with Crippen LogP contribution in [0.15, 0.2) is 73.1 Å².